The van der Waals surface area contributed by atoms with Gasteiger partial charge in [0.1, 0.15) is 0 Å². The molecule has 0 N–H and O–H groups in total. The van der Waals surface area contributed by atoms with Gasteiger partial charge in [-0.05, 0) is 42.0 Å². The smallest absolute Gasteiger partial charge is 0.260 e. The Kier molecular flexibility index (Phi) is 6.22. The van der Waals surface area contributed by atoms with E-state index < -0.39 is 9.84 Å². The number of anilines is 1. The topological polar surface area (TPSA) is 67.3 Å². The third-order valence-corrected chi connectivity index (χ3v) is 8.09. The van der Waals surface area contributed by atoms with Crippen LogP contribution in [0, 0.1) is 0 Å². The molecule has 0 saturated heterocycles. The molecule has 4 rings (SSSR count). The quantitative estimate of drug-likeness (QED) is 0.331. The zero-order valence-corrected chi connectivity index (χ0v) is 19.9. The summed E-state index contributed by atoms with van der Waals surface area (Å²) in [5, 5.41) is 0.561. The monoisotopic (exact) mass is 514 g/mol. The molecule has 1 aromatic heterocycles. The Balaban J connectivity index is 1.78. The molecule has 0 radical (unpaired) electrons. The maximum Gasteiger partial charge on any atom is 0.260 e. The highest BCUT2D eigenvalue weighted by Gasteiger charge is 2.23. The number of hydrogen-bond donors (Lipinski definition) is 0. The Morgan fingerprint density at radius 3 is 2.55 bits per heavy atom. The van der Waals surface area contributed by atoms with Crippen LogP contribution in [0.5, 0.6) is 0 Å². The van der Waals surface area contributed by atoms with Crippen molar-refractivity contribution >= 4 is 58.4 Å². The molecule has 3 aromatic carbocycles. The molecule has 0 atom stereocenters. The molecule has 0 aliphatic carbocycles. The van der Waals surface area contributed by atoms with Crippen LogP contribution < -0.4 is 4.90 Å². The second-order valence-corrected chi connectivity index (χ2v) is 11.1. The van der Waals surface area contributed by atoms with Gasteiger partial charge in [0.25, 0.3) is 5.91 Å². The maximum atomic E-state index is 13.5. The molecule has 0 saturated carbocycles. The molecule has 5 nitrogen and oxygen atoms in total. The number of carbonyl (C=O) groups is 1. The van der Waals surface area contributed by atoms with E-state index in [9.17, 15) is 13.2 Å². The van der Waals surface area contributed by atoms with Gasteiger partial charge in [-0.3, -0.25) is 9.69 Å². The van der Waals surface area contributed by atoms with E-state index in [2.05, 4.69) is 20.9 Å². The van der Waals surface area contributed by atoms with E-state index in [0.29, 0.717) is 17.2 Å². The first-order chi connectivity index (χ1) is 14.9. The molecular formula is C23H19BrN2O3S2. The Hall–Kier alpha value is -2.55. The number of carbonyl (C=O) groups excluding carboxylic acids is 1. The number of nitrogens with zero attached hydrogens (tertiary/aromatic N) is 2. The normalized spacial score (nSPS) is 11.5. The molecule has 0 aliphatic heterocycles. The van der Waals surface area contributed by atoms with Gasteiger partial charge in [0.2, 0.25) is 0 Å². The minimum Gasteiger partial charge on any atom is -0.279 e. The Labute approximate surface area is 193 Å². The number of amides is 1. The molecule has 1 amide bonds. The molecule has 0 spiro atoms. The lowest BCUT2D eigenvalue weighted by Crippen LogP contribution is -2.30. The highest BCUT2D eigenvalue weighted by atomic mass is 79.9. The van der Waals surface area contributed by atoms with Crippen molar-refractivity contribution < 1.29 is 13.2 Å². The largest absolute Gasteiger partial charge is 0.279 e. The number of hydrogen-bond acceptors (Lipinski definition) is 5. The fourth-order valence-electron chi connectivity index (χ4n) is 3.14. The number of rotatable bonds is 6. The standard InChI is InChI=1S/C23H19BrN2O3S2/c1-2-31(28,29)19-10-6-9-17(13-19)22(27)26(15-16-7-4-3-5-8-16)23-25-20-12-11-18(24)14-21(20)30-23/h3-14H,2,15H2,1H3. The third-order valence-electron chi connectivity index (χ3n) is 4.82. The van der Waals surface area contributed by atoms with Gasteiger partial charge >= 0.3 is 0 Å². The number of benzene rings is 3. The van der Waals surface area contributed by atoms with E-state index in [0.717, 1.165) is 20.3 Å². The Morgan fingerprint density at radius 2 is 1.81 bits per heavy atom. The van der Waals surface area contributed by atoms with Crippen molar-refractivity contribution in [1.82, 2.24) is 4.98 Å². The van der Waals surface area contributed by atoms with Crippen molar-refractivity contribution in [1.29, 1.82) is 0 Å². The number of aromatic nitrogens is 1. The first kappa shape index (κ1) is 21.7. The van der Waals surface area contributed by atoms with E-state index in [4.69, 9.17) is 0 Å². The van der Waals surface area contributed by atoms with Crippen LogP contribution in [-0.2, 0) is 16.4 Å². The van der Waals surface area contributed by atoms with Crippen LogP contribution in [0.1, 0.15) is 22.8 Å². The van der Waals surface area contributed by atoms with E-state index in [1.165, 1.54) is 23.5 Å². The van der Waals surface area contributed by atoms with Gasteiger partial charge in [0, 0.05) is 10.0 Å². The summed E-state index contributed by atoms with van der Waals surface area (Å²) in [7, 11) is -3.42. The maximum absolute atomic E-state index is 13.5. The van der Waals surface area contributed by atoms with Gasteiger partial charge in [-0.15, -0.1) is 0 Å². The number of fused-ring (bicyclic) bond motifs is 1. The molecule has 0 fully saturated rings. The zero-order valence-electron chi connectivity index (χ0n) is 16.7. The summed E-state index contributed by atoms with van der Waals surface area (Å²) in [6.07, 6.45) is 0. The van der Waals surface area contributed by atoms with Gasteiger partial charge in [-0.1, -0.05) is 70.6 Å². The summed E-state index contributed by atoms with van der Waals surface area (Å²) < 4.78 is 26.5. The van der Waals surface area contributed by atoms with Crippen LogP contribution in [0.2, 0.25) is 0 Å². The van der Waals surface area contributed by atoms with Gasteiger partial charge in [0.05, 0.1) is 27.4 Å². The Bertz CT molecular complexity index is 1350. The van der Waals surface area contributed by atoms with Crippen LogP contribution in [-0.4, -0.2) is 25.1 Å². The first-order valence-electron chi connectivity index (χ1n) is 9.62. The zero-order chi connectivity index (χ0) is 22.0. The lowest BCUT2D eigenvalue weighted by molar-refractivity contribution is 0.0985. The molecule has 31 heavy (non-hydrogen) atoms. The van der Waals surface area contributed by atoms with Crippen molar-refractivity contribution in [3.8, 4) is 0 Å². The fourth-order valence-corrected chi connectivity index (χ4v) is 5.58. The second-order valence-electron chi connectivity index (χ2n) is 6.92. The molecule has 158 valence electrons. The highest BCUT2D eigenvalue weighted by Crippen LogP contribution is 2.32. The molecular weight excluding hydrogens is 496 g/mol. The average molecular weight is 515 g/mol. The summed E-state index contributed by atoms with van der Waals surface area (Å²) in [6.45, 7) is 1.91. The SMILES string of the molecule is CCS(=O)(=O)c1cccc(C(=O)N(Cc2ccccc2)c2nc3ccc(Br)cc3s2)c1. The van der Waals surface area contributed by atoms with Gasteiger partial charge in [0.15, 0.2) is 15.0 Å². The van der Waals surface area contributed by atoms with Gasteiger partial charge in [-0.2, -0.15) is 0 Å². The fraction of sp³-hybridized carbons (Fsp3) is 0.130. The second kappa shape index (κ2) is 8.90. The van der Waals surface area contributed by atoms with E-state index in [-0.39, 0.29) is 16.6 Å². The summed E-state index contributed by atoms with van der Waals surface area (Å²) in [5.74, 6) is -0.319. The summed E-state index contributed by atoms with van der Waals surface area (Å²) >= 11 is 4.89. The molecule has 1 heterocycles. The van der Waals surface area contributed by atoms with Crippen molar-refractivity contribution in [3.63, 3.8) is 0 Å². The summed E-state index contributed by atoms with van der Waals surface area (Å²) in [5.41, 5.74) is 2.07. The summed E-state index contributed by atoms with van der Waals surface area (Å²) in [4.78, 5) is 20.0. The lowest BCUT2D eigenvalue weighted by atomic mass is 10.1. The summed E-state index contributed by atoms with van der Waals surface area (Å²) in [6, 6.07) is 21.6. The van der Waals surface area contributed by atoms with E-state index >= 15 is 0 Å². The average Bonchev–Trinajstić information content (AvgIpc) is 3.20. The minimum atomic E-state index is -3.42. The lowest BCUT2D eigenvalue weighted by Gasteiger charge is -2.20. The molecule has 0 unspecified atom stereocenters. The van der Waals surface area contributed by atoms with Crippen molar-refractivity contribution in [2.24, 2.45) is 0 Å². The van der Waals surface area contributed by atoms with Gasteiger partial charge < -0.3 is 0 Å². The van der Waals surface area contributed by atoms with Crippen LogP contribution in [0.3, 0.4) is 0 Å². The molecule has 0 aliphatic rings. The van der Waals surface area contributed by atoms with Crippen LogP contribution in [0.4, 0.5) is 5.13 Å². The minimum absolute atomic E-state index is 0.0227. The van der Waals surface area contributed by atoms with Crippen LogP contribution >= 0.6 is 27.3 Å². The molecule has 0 bridgehead atoms. The predicted octanol–water partition coefficient (Wildman–Crippen LogP) is 5.70. The van der Waals surface area contributed by atoms with E-state index in [1.54, 1.807) is 24.0 Å². The van der Waals surface area contributed by atoms with Crippen LogP contribution in [0.15, 0.2) is 82.2 Å². The Morgan fingerprint density at radius 1 is 1.03 bits per heavy atom. The van der Waals surface area contributed by atoms with Gasteiger partial charge in [-0.25, -0.2) is 13.4 Å². The third kappa shape index (κ3) is 4.71. The number of halogens is 1. The highest BCUT2D eigenvalue weighted by molar-refractivity contribution is 9.10. The van der Waals surface area contributed by atoms with Crippen LogP contribution in [0.25, 0.3) is 10.2 Å². The predicted molar refractivity (Wildman–Crippen MR) is 128 cm³/mol. The van der Waals surface area contributed by atoms with Crippen molar-refractivity contribution in [2.75, 3.05) is 10.7 Å². The van der Waals surface area contributed by atoms with E-state index in [1.807, 2.05) is 48.5 Å². The number of thiazole rings is 1. The van der Waals surface area contributed by atoms with Crippen molar-refractivity contribution in [2.45, 2.75) is 18.4 Å². The molecule has 8 heteroatoms. The van der Waals surface area contributed by atoms with Crippen molar-refractivity contribution in [3.05, 3.63) is 88.4 Å². The molecule has 4 aromatic rings. The first-order valence-corrected chi connectivity index (χ1v) is 12.9. The number of sulfone groups is 1.